The van der Waals surface area contributed by atoms with E-state index in [1.165, 1.54) is 11.8 Å². The number of carbonyl (C=O) groups is 1. The molecule has 0 spiro atoms. The number of benzene rings is 3. The molecule has 0 aliphatic carbocycles. The highest BCUT2D eigenvalue weighted by Crippen LogP contribution is 2.30. The molecule has 3 aromatic carbocycles. The van der Waals surface area contributed by atoms with Crippen molar-refractivity contribution >= 4 is 57.3 Å². The van der Waals surface area contributed by atoms with Crippen molar-refractivity contribution in [3.8, 4) is 0 Å². The van der Waals surface area contributed by atoms with Crippen LogP contribution in [0.5, 0.6) is 0 Å². The number of rotatable bonds is 4. The number of carbonyl (C=O) groups excluding carboxylic acids is 1. The molecular formula is C18H13Cl2NOS. The summed E-state index contributed by atoms with van der Waals surface area (Å²) in [4.78, 5) is 13.0. The molecule has 0 aliphatic rings. The fraction of sp³-hybridized carbons (Fsp3) is 0.0556. The molecule has 0 aromatic heterocycles. The van der Waals surface area contributed by atoms with E-state index in [0.717, 1.165) is 21.4 Å². The van der Waals surface area contributed by atoms with Gasteiger partial charge in [0.15, 0.2) is 0 Å². The number of thioether (sulfide) groups is 1. The lowest BCUT2D eigenvalue weighted by Gasteiger charge is -2.09. The normalized spacial score (nSPS) is 10.7. The number of nitrogens with one attached hydrogen (secondary N) is 1. The van der Waals surface area contributed by atoms with Crippen LogP contribution in [0.2, 0.25) is 10.0 Å². The first-order valence-corrected chi connectivity index (χ1v) is 8.73. The van der Waals surface area contributed by atoms with Crippen molar-refractivity contribution in [2.24, 2.45) is 0 Å². The Bertz CT molecular complexity index is 861. The van der Waals surface area contributed by atoms with Gasteiger partial charge in [-0.1, -0.05) is 59.6 Å². The standard InChI is InChI=1S/C18H13Cl2NOS/c19-13-8-9-15(20)17(10-13)23-11-18(22)21-16-7-3-5-12-4-1-2-6-14(12)16/h1-10H,11H2,(H,21,22). The van der Waals surface area contributed by atoms with Crippen LogP contribution in [0, 0.1) is 0 Å². The Morgan fingerprint density at radius 2 is 1.78 bits per heavy atom. The second-order valence-electron chi connectivity index (χ2n) is 4.94. The van der Waals surface area contributed by atoms with E-state index in [1.807, 2.05) is 42.5 Å². The van der Waals surface area contributed by atoms with Gasteiger partial charge < -0.3 is 5.32 Å². The summed E-state index contributed by atoms with van der Waals surface area (Å²) in [6, 6.07) is 19.0. The Morgan fingerprint density at radius 1 is 1.00 bits per heavy atom. The quantitative estimate of drug-likeness (QED) is 0.588. The van der Waals surface area contributed by atoms with Crippen molar-refractivity contribution in [2.45, 2.75) is 4.90 Å². The zero-order valence-electron chi connectivity index (χ0n) is 12.1. The molecule has 3 aromatic rings. The summed E-state index contributed by atoms with van der Waals surface area (Å²) in [6.45, 7) is 0. The monoisotopic (exact) mass is 361 g/mol. The lowest BCUT2D eigenvalue weighted by molar-refractivity contribution is -0.113. The Kier molecular flexibility index (Phi) is 5.11. The summed E-state index contributed by atoms with van der Waals surface area (Å²) >= 11 is 13.4. The molecule has 2 nitrogen and oxygen atoms in total. The van der Waals surface area contributed by atoms with Gasteiger partial charge >= 0.3 is 0 Å². The third kappa shape index (κ3) is 3.99. The fourth-order valence-corrected chi connectivity index (χ4v) is 3.54. The fourth-order valence-electron chi connectivity index (χ4n) is 2.25. The van der Waals surface area contributed by atoms with Gasteiger partial charge in [0, 0.05) is 21.0 Å². The molecule has 5 heteroatoms. The summed E-state index contributed by atoms with van der Waals surface area (Å²) in [5, 5.41) is 6.27. The number of hydrogen-bond donors (Lipinski definition) is 1. The highest BCUT2D eigenvalue weighted by molar-refractivity contribution is 8.00. The van der Waals surface area contributed by atoms with Crippen molar-refractivity contribution in [3.05, 3.63) is 70.7 Å². The first kappa shape index (κ1) is 16.2. The third-order valence-corrected chi connectivity index (χ3v) is 5.05. The van der Waals surface area contributed by atoms with Gasteiger partial charge in [-0.05, 0) is 29.7 Å². The van der Waals surface area contributed by atoms with Gasteiger partial charge in [0.25, 0.3) is 0 Å². The number of hydrogen-bond acceptors (Lipinski definition) is 2. The number of anilines is 1. The van der Waals surface area contributed by atoms with Crippen molar-refractivity contribution in [3.63, 3.8) is 0 Å². The zero-order chi connectivity index (χ0) is 16.2. The molecule has 0 saturated heterocycles. The molecule has 0 unspecified atom stereocenters. The van der Waals surface area contributed by atoms with Crippen LogP contribution in [-0.2, 0) is 4.79 Å². The molecule has 1 amide bonds. The zero-order valence-corrected chi connectivity index (χ0v) is 14.4. The van der Waals surface area contributed by atoms with Crippen LogP contribution in [0.1, 0.15) is 0 Å². The summed E-state index contributed by atoms with van der Waals surface area (Å²) in [5.41, 5.74) is 0.811. The SMILES string of the molecule is O=C(CSc1cc(Cl)ccc1Cl)Nc1cccc2ccccc12. The molecule has 0 atom stereocenters. The average Bonchev–Trinajstić information content (AvgIpc) is 2.56. The van der Waals surface area contributed by atoms with E-state index in [4.69, 9.17) is 23.2 Å². The topological polar surface area (TPSA) is 29.1 Å². The Balaban J connectivity index is 1.70. The molecule has 0 saturated carbocycles. The predicted molar refractivity (Wildman–Crippen MR) is 99.8 cm³/mol. The molecule has 0 fully saturated rings. The van der Waals surface area contributed by atoms with E-state index in [0.29, 0.717) is 10.0 Å². The second kappa shape index (κ2) is 7.26. The van der Waals surface area contributed by atoms with Crippen LogP contribution in [0.15, 0.2) is 65.6 Å². The minimum atomic E-state index is -0.0811. The van der Waals surface area contributed by atoms with Crippen LogP contribution < -0.4 is 5.32 Å². The maximum atomic E-state index is 12.2. The minimum absolute atomic E-state index is 0.0811. The molecule has 0 bridgehead atoms. The van der Waals surface area contributed by atoms with Gasteiger partial charge in [-0.25, -0.2) is 0 Å². The lowest BCUT2D eigenvalue weighted by Crippen LogP contribution is -2.14. The number of fused-ring (bicyclic) bond motifs is 1. The van der Waals surface area contributed by atoms with E-state index in [1.54, 1.807) is 18.2 Å². The van der Waals surface area contributed by atoms with Crippen molar-refractivity contribution in [1.82, 2.24) is 0 Å². The summed E-state index contributed by atoms with van der Waals surface area (Å²) in [5.74, 6) is 0.186. The summed E-state index contributed by atoms with van der Waals surface area (Å²) in [6.07, 6.45) is 0. The first-order chi connectivity index (χ1) is 11.1. The molecule has 0 radical (unpaired) electrons. The molecule has 23 heavy (non-hydrogen) atoms. The predicted octanol–water partition coefficient (Wildman–Crippen LogP) is 5.88. The highest BCUT2D eigenvalue weighted by Gasteiger charge is 2.08. The van der Waals surface area contributed by atoms with Crippen LogP contribution in [0.3, 0.4) is 0 Å². The molecule has 3 rings (SSSR count). The third-order valence-electron chi connectivity index (χ3n) is 3.32. The van der Waals surface area contributed by atoms with Crippen LogP contribution >= 0.6 is 35.0 Å². The number of halogens is 2. The lowest BCUT2D eigenvalue weighted by atomic mass is 10.1. The molecule has 0 aliphatic heterocycles. The van der Waals surface area contributed by atoms with Gasteiger partial charge in [0.05, 0.1) is 10.8 Å². The van der Waals surface area contributed by atoms with Gasteiger partial charge in [0.2, 0.25) is 5.91 Å². The van der Waals surface area contributed by atoms with E-state index in [2.05, 4.69) is 5.32 Å². The van der Waals surface area contributed by atoms with Crippen molar-refractivity contribution in [1.29, 1.82) is 0 Å². The highest BCUT2D eigenvalue weighted by atomic mass is 35.5. The van der Waals surface area contributed by atoms with Gasteiger partial charge in [0.1, 0.15) is 0 Å². The average molecular weight is 362 g/mol. The molecule has 116 valence electrons. The molecular weight excluding hydrogens is 349 g/mol. The summed E-state index contributed by atoms with van der Waals surface area (Å²) in [7, 11) is 0. The first-order valence-electron chi connectivity index (χ1n) is 6.99. The van der Waals surface area contributed by atoms with Gasteiger partial charge in [-0.15, -0.1) is 11.8 Å². The Hall–Kier alpha value is -1.68. The maximum absolute atomic E-state index is 12.2. The van der Waals surface area contributed by atoms with E-state index < -0.39 is 0 Å². The van der Waals surface area contributed by atoms with E-state index in [-0.39, 0.29) is 11.7 Å². The Morgan fingerprint density at radius 3 is 2.65 bits per heavy atom. The minimum Gasteiger partial charge on any atom is -0.325 e. The van der Waals surface area contributed by atoms with E-state index >= 15 is 0 Å². The van der Waals surface area contributed by atoms with Gasteiger partial charge in [-0.3, -0.25) is 4.79 Å². The maximum Gasteiger partial charge on any atom is 0.234 e. The van der Waals surface area contributed by atoms with Crippen LogP contribution in [0.4, 0.5) is 5.69 Å². The summed E-state index contributed by atoms with van der Waals surface area (Å²) < 4.78 is 0. The largest absolute Gasteiger partial charge is 0.325 e. The van der Waals surface area contributed by atoms with Crippen molar-refractivity contribution < 1.29 is 4.79 Å². The Labute approximate surface area is 148 Å². The van der Waals surface area contributed by atoms with Gasteiger partial charge in [-0.2, -0.15) is 0 Å². The van der Waals surface area contributed by atoms with E-state index in [9.17, 15) is 4.79 Å². The second-order valence-corrected chi connectivity index (χ2v) is 6.80. The van der Waals surface area contributed by atoms with Crippen molar-refractivity contribution in [2.75, 3.05) is 11.1 Å². The molecule has 1 N–H and O–H groups in total. The molecule has 0 heterocycles. The number of amides is 1. The smallest absolute Gasteiger partial charge is 0.234 e. The van der Waals surface area contributed by atoms with Crippen LogP contribution in [-0.4, -0.2) is 11.7 Å². The van der Waals surface area contributed by atoms with Crippen LogP contribution in [0.25, 0.3) is 10.8 Å².